The smallest absolute Gasteiger partial charge is 0.467 e. The third-order valence-corrected chi connectivity index (χ3v) is 1.67. The summed E-state index contributed by atoms with van der Waals surface area (Å²) in [5, 5.41) is 1.57. The van der Waals surface area contributed by atoms with E-state index >= 15 is 0 Å². The van der Waals surface area contributed by atoms with Gasteiger partial charge in [0.25, 0.3) is 0 Å². The Morgan fingerprint density at radius 3 is 2.00 bits per heavy atom. The summed E-state index contributed by atoms with van der Waals surface area (Å²) >= 11 is 0. The molecule has 0 aliphatic heterocycles. The molecule has 0 bridgehead atoms. The highest BCUT2D eigenvalue weighted by Crippen LogP contribution is 2.15. The van der Waals surface area contributed by atoms with Gasteiger partial charge >= 0.3 is 18.1 Å². The third kappa shape index (κ3) is 4.18. The van der Waals surface area contributed by atoms with E-state index in [1.807, 2.05) is 0 Å². The summed E-state index contributed by atoms with van der Waals surface area (Å²) in [4.78, 5) is 21.6. The van der Waals surface area contributed by atoms with Crippen LogP contribution in [0, 0.1) is 5.92 Å². The van der Waals surface area contributed by atoms with E-state index in [1.54, 1.807) is 5.32 Å². The van der Waals surface area contributed by atoms with Crippen molar-refractivity contribution in [2.45, 2.75) is 26.1 Å². The van der Waals surface area contributed by atoms with Crippen LogP contribution in [-0.2, 0) is 14.3 Å². The van der Waals surface area contributed by atoms with Crippen molar-refractivity contribution >= 4 is 11.9 Å². The Balaban J connectivity index is 4.57. The topological polar surface area (TPSA) is 55.4 Å². The standard InChI is InChI=1S/C8H12F3NO3/c1-4(2)5(6(13)15-3)12-7(14)8(9,10)11/h4-5H,1-3H3,(H,12,14)/t5-/m0/s1. The molecule has 0 aromatic rings. The fourth-order valence-corrected chi connectivity index (χ4v) is 0.848. The average Bonchev–Trinajstić information content (AvgIpc) is 2.10. The number of methoxy groups -OCH3 is 1. The average molecular weight is 227 g/mol. The maximum Gasteiger partial charge on any atom is 0.471 e. The number of esters is 1. The van der Waals surface area contributed by atoms with Crippen LogP contribution in [0.3, 0.4) is 0 Å². The minimum atomic E-state index is -5.00. The Morgan fingerprint density at radius 2 is 1.73 bits per heavy atom. The van der Waals surface area contributed by atoms with Crippen molar-refractivity contribution in [1.29, 1.82) is 0 Å². The summed E-state index contributed by atoms with van der Waals surface area (Å²) in [5.74, 6) is -3.53. The molecule has 88 valence electrons. The van der Waals surface area contributed by atoms with E-state index in [2.05, 4.69) is 4.74 Å². The van der Waals surface area contributed by atoms with Crippen LogP contribution >= 0.6 is 0 Å². The Labute approximate surface area is 84.8 Å². The highest BCUT2D eigenvalue weighted by atomic mass is 19.4. The zero-order valence-corrected chi connectivity index (χ0v) is 8.51. The molecule has 15 heavy (non-hydrogen) atoms. The lowest BCUT2D eigenvalue weighted by atomic mass is 10.0. The van der Waals surface area contributed by atoms with Gasteiger partial charge in [0, 0.05) is 0 Å². The number of carbonyl (C=O) groups is 2. The quantitative estimate of drug-likeness (QED) is 0.727. The van der Waals surface area contributed by atoms with E-state index in [0.717, 1.165) is 7.11 Å². The molecule has 0 radical (unpaired) electrons. The molecule has 1 amide bonds. The van der Waals surface area contributed by atoms with Crippen LogP contribution in [0.2, 0.25) is 0 Å². The van der Waals surface area contributed by atoms with E-state index in [9.17, 15) is 22.8 Å². The molecule has 0 heterocycles. The summed E-state index contributed by atoms with van der Waals surface area (Å²) in [7, 11) is 1.04. The molecular weight excluding hydrogens is 215 g/mol. The number of hydrogen-bond acceptors (Lipinski definition) is 3. The Bertz CT molecular complexity index is 250. The molecule has 7 heteroatoms. The van der Waals surface area contributed by atoms with Gasteiger partial charge < -0.3 is 10.1 Å². The second-order valence-electron chi connectivity index (χ2n) is 3.22. The monoisotopic (exact) mass is 227 g/mol. The lowest BCUT2D eigenvalue weighted by Gasteiger charge is -2.20. The van der Waals surface area contributed by atoms with Crippen molar-refractivity contribution in [3.8, 4) is 0 Å². The van der Waals surface area contributed by atoms with Crippen molar-refractivity contribution in [3.05, 3.63) is 0 Å². The van der Waals surface area contributed by atoms with Gasteiger partial charge in [0.05, 0.1) is 7.11 Å². The van der Waals surface area contributed by atoms with Crippen molar-refractivity contribution in [2.24, 2.45) is 5.92 Å². The van der Waals surface area contributed by atoms with Crippen LogP contribution in [-0.4, -0.2) is 31.2 Å². The number of amides is 1. The number of hydrogen-bond donors (Lipinski definition) is 1. The zero-order chi connectivity index (χ0) is 12.2. The Hall–Kier alpha value is -1.27. The largest absolute Gasteiger partial charge is 0.471 e. The highest BCUT2D eigenvalue weighted by Gasteiger charge is 2.41. The molecule has 1 atom stereocenters. The molecule has 0 unspecified atom stereocenters. The van der Waals surface area contributed by atoms with Crippen LogP contribution in [0.1, 0.15) is 13.8 Å². The molecule has 0 fully saturated rings. The van der Waals surface area contributed by atoms with Gasteiger partial charge in [0.15, 0.2) is 0 Å². The van der Waals surface area contributed by atoms with Crippen LogP contribution in [0.4, 0.5) is 13.2 Å². The van der Waals surface area contributed by atoms with Gasteiger partial charge in [-0.05, 0) is 5.92 Å². The summed E-state index contributed by atoms with van der Waals surface area (Å²) in [6.07, 6.45) is -5.00. The van der Waals surface area contributed by atoms with Gasteiger partial charge in [-0.3, -0.25) is 4.79 Å². The SMILES string of the molecule is COC(=O)[C@@H](NC(=O)C(F)(F)F)C(C)C. The molecule has 0 aromatic heterocycles. The number of carbonyl (C=O) groups excluding carboxylic acids is 2. The maximum atomic E-state index is 11.9. The second kappa shape index (κ2) is 4.99. The molecule has 0 aliphatic carbocycles. The molecule has 1 N–H and O–H groups in total. The minimum Gasteiger partial charge on any atom is -0.467 e. The first-order valence-corrected chi connectivity index (χ1v) is 4.15. The number of alkyl halides is 3. The molecule has 4 nitrogen and oxygen atoms in total. The number of nitrogens with one attached hydrogen (secondary N) is 1. The minimum absolute atomic E-state index is 0.483. The fourth-order valence-electron chi connectivity index (χ4n) is 0.848. The van der Waals surface area contributed by atoms with Gasteiger partial charge in [-0.25, -0.2) is 4.79 Å². The van der Waals surface area contributed by atoms with Gasteiger partial charge in [-0.15, -0.1) is 0 Å². The van der Waals surface area contributed by atoms with E-state index in [4.69, 9.17) is 0 Å². The van der Waals surface area contributed by atoms with Crippen LogP contribution in [0.15, 0.2) is 0 Å². The van der Waals surface area contributed by atoms with Crippen molar-refractivity contribution in [2.75, 3.05) is 7.11 Å². The molecule has 0 aromatic carbocycles. The predicted octanol–water partition coefficient (Wildman–Crippen LogP) is 0.863. The summed E-state index contributed by atoms with van der Waals surface area (Å²) in [6.45, 7) is 3.00. The number of ether oxygens (including phenoxy) is 1. The Morgan fingerprint density at radius 1 is 1.27 bits per heavy atom. The van der Waals surface area contributed by atoms with Crippen LogP contribution < -0.4 is 5.32 Å². The van der Waals surface area contributed by atoms with Gasteiger partial charge in [0.1, 0.15) is 6.04 Å². The lowest BCUT2D eigenvalue weighted by molar-refractivity contribution is -0.176. The fraction of sp³-hybridized carbons (Fsp3) is 0.750. The first-order valence-electron chi connectivity index (χ1n) is 4.15. The van der Waals surface area contributed by atoms with Crippen molar-refractivity contribution in [3.63, 3.8) is 0 Å². The van der Waals surface area contributed by atoms with Gasteiger partial charge in [0.2, 0.25) is 0 Å². The van der Waals surface area contributed by atoms with E-state index < -0.39 is 30.0 Å². The summed E-state index contributed by atoms with van der Waals surface area (Å²) < 4.78 is 39.9. The molecule has 0 saturated heterocycles. The zero-order valence-electron chi connectivity index (χ0n) is 8.51. The maximum absolute atomic E-state index is 11.9. The van der Waals surface area contributed by atoms with Crippen molar-refractivity contribution < 1.29 is 27.5 Å². The van der Waals surface area contributed by atoms with Gasteiger partial charge in [-0.2, -0.15) is 13.2 Å². The highest BCUT2D eigenvalue weighted by molar-refractivity contribution is 5.87. The van der Waals surface area contributed by atoms with Crippen molar-refractivity contribution in [1.82, 2.24) is 5.32 Å². The molecular formula is C8H12F3NO3. The second-order valence-corrected chi connectivity index (χ2v) is 3.22. The van der Waals surface area contributed by atoms with Crippen LogP contribution in [0.5, 0.6) is 0 Å². The van der Waals surface area contributed by atoms with E-state index in [0.29, 0.717) is 0 Å². The summed E-state index contributed by atoms with van der Waals surface area (Å²) in [6, 6.07) is -1.29. The predicted molar refractivity (Wildman–Crippen MR) is 44.8 cm³/mol. The molecule has 0 saturated carbocycles. The Kier molecular flexibility index (Phi) is 4.57. The molecule has 0 rings (SSSR count). The third-order valence-electron chi connectivity index (χ3n) is 1.67. The lowest BCUT2D eigenvalue weighted by Crippen LogP contribution is -2.49. The summed E-state index contributed by atoms with van der Waals surface area (Å²) in [5.41, 5.74) is 0. The molecule has 0 spiro atoms. The van der Waals surface area contributed by atoms with Gasteiger partial charge in [-0.1, -0.05) is 13.8 Å². The van der Waals surface area contributed by atoms with E-state index in [1.165, 1.54) is 13.8 Å². The normalized spacial score (nSPS) is 13.5. The van der Waals surface area contributed by atoms with Crippen LogP contribution in [0.25, 0.3) is 0 Å². The number of rotatable bonds is 3. The first-order chi connectivity index (χ1) is 6.70. The molecule has 0 aliphatic rings. The van der Waals surface area contributed by atoms with E-state index in [-0.39, 0.29) is 0 Å². The first kappa shape index (κ1) is 13.7. The number of halogens is 3.